The molecule has 0 radical (unpaired) electrons. The summed E-state index contributed by atoms with van der Waals surface area (Å²) in [5.41, 5.74) is 0.394. The summed E-state index contributed by atoms with van der Waals surface area (Å²) in [6, 6.07) is 3.56. The predicted octanol–water partition coefficient (Wildman–Crippen LogP) is 2.67. The molecule has 1 unspecified atom stereocenters. The van der Waals surface area contributed by atoms with Crippen molar-refractivity contribution in [1.29, 1.82) is 0 Å². The van der Waals surface area contributed by atoms with Crippen molar-refractivity contribution < 1.29 is 14.6 Å². The number of piperidine rings is 1. The van der Waals surface area contributed by atoms with Crippen LogP contribution < -0.4 is 5.32 Å². The van der Waals surface area contributed by atoms with Crippen LogP contribution >= 0.6 is 0 Å². The zero-order valence-electron chi connectivity index (χ0n) is 14.2. The molecule has 1 aliphatic rings. The Morgan fingerprint density at radius 3 is 2.87 bits per heavy atom. The minimum absolute atomic E-state index is 0.149. The molecule has 0 spiro atoms. The van der Waals surface area contributed by atoms with E-state index in [4.69, 9.17) is 4.74 Å². The molecular formula is C17H27N3O3. The molecule has 128 valence electrons. The summed E-state index contributed by atoms with van der Waals surface area (Å²) in [7, 11) is 0. The first-order valence-electron chi connectivity index (χ1n) is 8.19. The lowest BCUT2D eigenvalue weighted by atomic mass is 10.0. The minimum Gasteiger partial charge on any atom is -0.506 e. The van der Waals surface area contributed by atoms with Gasteiger partial charge in [0.2, 0.25) is 0 Å². The number of nitrogens with one attached hydrogen (secondary N) is 1. The number of aromatic hydroxyl groups is 1. The lowest BCUT2D eigenvalue weighted by Gasteiger charge is -2.36. The number of amides is 1. The quantitative estimate of drug-likeness (QED) is 0.892. The Balaban J connectivity index is 1.86. The van der Waals surface area contributed by atoms with Crippen LogP contribution in [-0.4, -0.2) is 45.8 Å². The molecule has 6 heteroatoms. The number of ether oxygens (including phenoxy) is 1. The van der Waals surface area contributed by atoms with Gasteiger partial charge in [0.05, 0.1) is 11.9 Å². The van der Waals surface area contributed by atoms with Crippen molar-refractivity contribution in [2.75, 3.05) is 13.1 Å². The Bertz CT molecular complexity index is 511. The maximum atomic E-state index is 12.3. The van der Waals surface area contributed by atoms with Gasteiger partial charge in [-0.1, -0.05) is 0 Å². The summed E-state index contributed by atoms with van der Waals surface area (Å²) in [6.45, 7) is 7.73. The summed E-state index contributed by atoms with van der Waals surface area (Å²) in [5.74, 6) is 0.164. The SMILES string of the molecule is CC(C)(C)OC(=O)N1CCCCC1CNCc1ccc(O)cn1. The second-order valence-electron chi connectivity index (χ2n) is 6.96. The molecule has 1 aromatic rings. The van der Waals surface area contributed by atoms with Crippen LogP contribution in [0.3, 0.4) is 0 Å². The van der Waals surface area contributed by atoms with E-state index in [0.717, 1.165) is 31.5 Å². The molecule has 0 saturated carbocycles. The van der Waals surface area contributed by atoms with Gasteiger partial charge >= 0.3 is 6.09 Å². The maximum absolute atomic E-state index is 12.3. The number of hydrogen-bond acceptors (Lipinski definition) is 5. The lowest BCUT2D eigenvalue weighted by Crippen LogP contribution is -2.50. The first kappa shape index (κ1) is 17.5. The fourth-order valence-electron chi connectivity index (χ4n) is 2.66. The van der Waals surface area contributed by atoms with E-state index in [0.29, 0.717) is 13.1 Å². The van der Waals surface area contributed by atoms with Crippen LogP contribution in [0.15, 0.2) is 18.3 Å². The lowest BCUT2D eigenvalue weighted by molar-refractivity contribution is 0.00993. The van der Waals surface area contributed by atoms with E-state index < -0.39 is 5.60 Å². The molecule has 0 aromatic carbocycles. The van der Waals surface area contributed by atoms with Crippen LogP contribution in [0, 0.1) is 0 Å². The third-order valence-electron chi connectivity index (χ3n) is 3.75. The molecule has 0 bridgehead atoms. The smallest absolute Gasteiger partial charge is 0.410 e. The number of nitrogens with zero attached hydrogens (tertiary/aromatic N) is 2. The van der Waals surface area contributed by atoms with E-state index in [1.165, 1.54) is 6.20 Å². The Morgan fingerprint density at radius 1 is 1.43 bits per heavy atom. The molecule has 2 heterocycles. The average molecular weight is 321 g/mol. The van der Waals surface area contributed by atoms with Gasteiger partial charge < -0.3 is 20.1 Å². The van der Waals surface area contributed by atoms with Crippen LogP contribution in [0.25, 0.3) is 0 Å². The number of likely N-dealkylation sites (tertiary alicyclic amines) is 1. The van der Waals surface area contributed by atoms with E-state index in [1.54, 1.807) is 12.1 Å². The van der Waals surface area contributed by atoms with E-state index in [-0.39, 0.29) is 17.9 Å². The van der Waals surface area contributed by atoms with E-state index >= 15 is 0 Å². The van der Waals surface area contributed by atoms with Gasteiger partial charge in [-0.3, -0.25) is 4.98 Å². The van der Waals surface area contributed by atoms with Crippen molar-refractivity contribution in [3.63, 3.8) is 0 Å². The highest BCUT2D eigenvalue weighted by molar-refractivity contribution is 5.68. The second kappa shape index (κ2) is 7.64. The fraction of sp³-hybridized carbons (Fsp3) is 0.647. The zero-order valence-corrected chi connectivity index (χ0v) is 14.2. The zero-order chi connectivity index (χ0) is 16.9. The number of carbonyl (C=O) groups is 1. The van der Waals surface area contributed by atoms with Crippen molar-refractivity contribution in [2.45, 2.75) is 58.2 Å². The van der Waals surface area contributed by atoms with Gasteiger partial charge in [0.15, 0.2) is 0 Å². The molecule has 2 N–H and O–H groups in total. The van der Waals surface area contributed by atoms with E-state index in [1.807, 2.05) is 25.7 Å². The standard InChI is InChI=1S/C17H27N3O3/c1-17(2,3)23-16(22)20-9-5-4-6-14(20)11-18-10-13-7-8-15(21)12-19-13/h7-8,12,14,18,21H,4-6,9-11H2,1-3H3. The number of rotatable bonds is 4. The van der Waals surface area contributed by atoms with Crippen LogP contribution in [0.5, 0.6) is 5.75 Å². The molecule has 1 fully saturated rings. The summed E-state index contributed by atoms with van der Waals surface area (Å²) in [4.78, 5) is 18.3. The summed E-state index contributed by atoms with van der Waals surface area (Å²) < 4.78 is 5.50. The molecule has 1 aliphatic heterocycles. The van der Waals surface area contributed by atoms with Gasteiger partial charge in [0, 0.05) is 25.7 Å². The first-order valence-corrected chi connectivity index (χ1v) is 8.19. The van der Waals surface area contributed by atoms with Crippen LogP contribution in [0.4, 0.5) is 4.79 Å². The fourth-order valence-corrected chi connectivity index (χ4v) is 2.66. The van der Waals surface area contributed by atoms with Crippen molar-refractivity contribution in [2.24, 2.45) is 0 Å². The summed E-state index contributed by atoms with van der Waals surface area (Å²) >= 11 is 0. The topological polar surface area (TPSA) is 74.7 Å². The number of pyridine rings is 1. The largest absolute Gasteiger partial charge is 0.506 e. The molecule has 23 heavy (non-hydrogen) atoms. The molecule has 2 rings (SSSR count). The molecule has 1 aromatic heterocycles. The number of carbonyl (C=O) groups excluding carboxylic acids is 1. The number of hydrogen-bond donors (Lipinski definition) is 2. The Kier molecular flexibility index (Phi) is 5.82. The Morgan fingerprint density at radius 2 is 2.22 bits per heavy atom. The summed E-state index contributed by atoms with van der Waals surface area (Å²) in [6.07, 6.45) is 4.34. The van der Waals surface area contributed by atoms with E-state index in [2.05, 4.69) is 10.3 Å². The first-order chi connectivity index (χ1) is 10.8. The van der Waals surface area contributed by atoms with Gasteiger partial charge in [-0.05, 0) is 52.2 Å². The molecule has 6 nitrogen and oxygen atoms in total. The normalized spacial score (nSPS) is 18.7. The maximum Gasteiger partial charge on any atom is 0.410 e. The third-order valence-corrected chi connectivity index (χ3v) is 3.75. The molecule has 1 atom stereocenters. The van der Waals surface area contributed by atoms with E-state index in [9.17, 15) is 9.90 Å². The highest BCUT2D eigenvalue weighted by Gasteiger charge is 2.30. The van der Waals surface area contributed by atoms with Gasteiger partial charge in [-0.25, -0.2) is 4.79 Å². The van der Waals surface area contributed by atoms with Gasteiger partial charge in [0.25, 0.3) is 0 Å². The Hall–Kier alpha value is -1.82. The highest BCUT2D eigenvalue weighted by atomic mass is 16.6. The predicted molar refractivity (Wildman–Crippen MR) is 88.2 cm³/mol. The summed E-state index contributed by atoms with van der Waals surface area (Å²) in [5, 5.41) is 12.6. The van der Waals surface area contributed by atoms with Crippen molar-refractivity contribution in [3.05, 3.63) is 24.0 Å². The monoisotopic (exact) mass is 321 g/mol. The Labute approximate surface area is 137 Å². The molecule has 1 amide bonds. The number of aromatic nitrogens is 1. The van der Waals surface area contributed by atoms with Gasteiger partial charge in [-0.2, -0.15) is 0 Å². The van der Waals surface area contributed by atoms with Crippen LogP contribution in [-0.2, 0) is 11.3 Å². The highest BCUT2D eigenvalue weighted by Crippen LogP contribution is 2.20. The van der Waals surface area contributed by atoms with Crippen LogP contribution in [0.1, 0.15) is 45.7 Å². The van der Waals surface area contributed by atoms with Gasteiger partial charge in [-0.15, -0.1) is 0 Å². The van der Waals surface area contributed by atoms with Crippen molar-refractivity contribution in [3.8, 4) is 5.75 Å². The van der Waals surface area contributed by atoms with Crippen LogP contribution in [0.2, 0.25) is 0 Å². The molecule has 0 aliphatic carbocycles. The van der Waals surface area contributed by atoms with Crippen molar-refractivity contribution in [1.82, 2.24) is 15.2 Å². The average Bonchev–Trinajstić information content (AvgIpc) is 2.48. The van der Waals surface area contributed by atoms with Crippen molar-refractivity contribution >= 4 is 6.09 Å². The molecular weight excluding hydrogens is 294 g/mol. The molecule has 1 saturated heterocycles. The minimum atomic E-state index is -0.470. The third kappa shape index (κ3) is 5.71. The van der Waals surface area contributed by atoms with Gasteiger partial charge in [0.1, 0.15) is 11.4 Å². The second-order valence-corrected chi connectivity index (χ2v) is 6.96.